The van der Waals surface area contributed by atoms with Crippen molar-refractivity contribution in [3.8, 4) is 0 Å². The van der Waals surface area contributed by atoms with Gasteiger partial charge in [-0.3, -0.25) is 9.59 Å². The average molecular weight is 369 g/mol. The second-order valence-electron chi connectivity index (χ2n) is 6.30. The first-order chi connectivity index (χ1) is 11.5. The summed E-state index contributed by atoms with van der Waals surface area (Å²) >= 11 is 8.04. The van der Waals surface area contributed by atoms with Gasteiger partial charge in [0.05, 0.1) is 17.3 Å². The fourth-order valence-electron chi connectivity index (χ4n) is 3.37. The molecule has 130 valence electrons. The molecule has 1 aliphatic heterocycles. The third-order valence-corrected chi connectivity index (χ3v) is 5.90. The van der Waals surface area contributed by atoms with E-state index in [0.29, 0.717) is 24.3 Å². The molecule has 1 amide bonds. The molecule has 5 nitrogen and oxygen atoms in total. The summed E-state index contributed by atoms with van der Waals surface area (Å²) in [6.45, 7) is 1.89. The number of nitrogens with zero attached hydrogens (tertiary/aromatic N) is 1. The van der Waals surface area contributed by atoms with Crippen LogP contribution in [0.15, 0.2) is 18.2 Å². The Kier molecular flexibility index (Phi) is 5.56. The van der Waals surface area contributed by atoms with Gasteiger partial charge in [-0.1, -0.05) is 11.6 Å². The summed E-state index contributed by atoms with van der Waals surface area (Å²) in [5.74, 6) is 0.583. The quantitative estimate of drug-likeness (QED) is 0.853. The SMILES string of the molecule is O=C(O)[C@@H]1CC[C@H](C(=O)Nc2cc(Cl)ccc2N2CCSCC2)C1. The van der Waals surface area contributed by atoms with E-state index in [4.69, 9.17) is 16.7 Å². The van der Waals surface area contributed by atoms with Crippen LogP contribution in [-0.4, -0.2) is 41.6 Å². The number of amides is 1. The van der Waals surface area contributed by atoms with E-state index in [9.17, 15) is 9.59 Å². The fraction of sp³-hybridized carbons (Fsp3) is 0.529. The van der Waals surface area contributed by atoms with Crippen molar-refractivity contribution in [3.63, 3.8) is 0 Å². The number of hydrogen-bond acceptors (Lipinski definition) is 4. The maximum atomic E-state index is 12.6. The molecule has 7 heteroatoms. The maximum Gasteiger partial charge on any atom is 0.306 e. The van der Waals surface area contributed by atoms with E-state index in [1.165, 1.54) is 0 Å². The Labute approximate surface area is 150 Å². The average Bonchev–Trinajstić information content (AvgIpc) is 3.06. The molecule has 1 heterocycles. The number of thioether (sulfide) groups is 1. The van der Waals surface area contributed by atoms with Crippen LogP contribution in [0, 0.1) is 11.8 Å². The number of carboxylic acids is 1. The van der Waals surface area contributed by atoms with Crippen molar-refractivity contribution in [1.82, 2.24) is 0 Å². The minimum atomic E-state index is -0.806. The zero-order valence-corrected chi connectivity index (χ0v) is 14.9. The molecular formula is C17H21ClN2O3S. The molecule has 1 saturated heterocycles. The van der Waals surface area contributed by atoms with Gasteiger partial charge in [0.15, 0.2) is 0 Å². The Morgan fingerprint density at radius 3 is 2.58 bits per heavy atom. The lowest BCUT2D eigenvalue weighted by atomic mass is 10.0. The van der Waals surface area contributed by atoms with Gasteiger partial charge in [0, 0.05) is 35.5 Å². The lowest BCUT2D eigenvalue weighted by Gasteiger charge is -2.30. The molecule has 2 N–H and O–H groups in total. The number of halogens is 1. The number of hydrogen-bond donors (Lipinski definition) is 2. The third kappa shape index (κ3) is 3.98. The van der Waals surface area contributed by atoms with E-state index in [0.717, 1.165) is 36.0 Å². The Morgan fingerprint density at radius 2 is 1.92 bits per heavy atom. The fourth-order valence-corrected chi connectivity index (χ4v) is 4.44. The first-order valence-corrected chi connectivity index (χ1v) is 9.74. The highest BCUT2D eigenvalue weighted by Gasteiger charge is 2.34. The van der Waals surface area contributed by atoms with E-state index < -0.39 is 11.9 Å². The summed E-state index contributed by atoms with van der Waals surface area (Å²) in [7, 11) is 0. The van der Waals surface area contributed by atoms with Crippen LogP contribution in [0.1, 0.15) is 19.3 Å². The van der Waals surface area contributed by atoms with Crippen LogP contribution < -0.4 is 10.2 Å². The highest BCUT2D eigenvalue weighted by atomic mass is 35.5. The van der Waals surface area contributed by atoms with Crippen molar-refractivity contribution in [1.29, 1.82) is 0 Å². The molecule has 2 atom stereocenters. The topological polar surface area (TPSA) is 69.6 Å². The van der Waals surface area contributed by atoms with Gasteiger partial charge in [-0.2, -0.15) is 11.8 Å². The van der Waals surface area contributed by atoms with Crippen LogP contribution in [-0.2, 0) is 9.59 Å². The predicted molar refractivity (Wildman–Crippen MR) is 98.1 cm³/mol. The largest absolute Gasteiger partial charge is 0.481 e. The number of rotatable bonds is 4. The summed E-state index contributed by atoms with van der Waals surface area (Å²) < 4.78 is 0. The van der Waals surface area contributed by atoms with Crippen LogP contribution >= 0.6 is 23.4 Å². The Morgan fingerprint density at radius 1 is 1.21 bits per heavy atom. The minimum Gasteiger partial charge on any atom is -0.481 e. The molecule has 0 spiro atoms. The standard InChI is InChI=1S/C17H21ClN2O3S/c18-13-3-4-15(20-5-7-24-8-6-20)14(10-13)19-16(21)11-1-2-12(9-11)17(22)23/h3-4,10-12H,1-2,5-9H2,(H,19,21)(H,22,23)/t11-,12+/m0/s1. The monoisotopic (exact) mass is 368 g/mol. The molecule has 0 radical (unpaired) electrons. The summed E-state index contributed by atoms with van der Waals surface area (Å²) in [5.41, 5.74) is 1.71. The van der Waals surface area contributed by atoms with Gasteiger partial charge in [0.25, 0.3) is 0 Å². The molecule has 1 aromatic carbocycles. The molecule has 1 aliphatic carbocycles. The van der Waals surface area contributed by atoms with E-state index in [1.54, 1.807) is 6.07 Å². The van der Waals surface area contributed by atoms with E-state index in [2.05, 4.69) is 10.2 Å². The first kappa shape index (κ1) is 17.4. The summed E-state index contributed by atoms with van der Waals surface area (Å²) in [5, 5.41) is 12.7. The Bertz CT molecular complexity index is 634. The molecule has 0 aromatic heterocycles. The van der Waals surface area contributed by atoms with Gasteiger partial charge < -0.3 is 15.3 Å². The normalized spacial score (nSPS) is 24.0. The number of carbonyl (C=O) groups excluding carboxylic acids is 1. The molecule has 2 aliphatic rings. The molecule has 1 aromatic rings. The number of aliphatic carboxylic acids is 1. The van der Waals surface area contributed by atoms with Crippen LogP contribution in [0.5, 0.6) is 0 Å². The lowest BCUT2D eigenvalue weighted by molar-refractivity contribution is -0.141. The van der Waals surface area contributed by atoms with Crippen LogP contribution in [0.25, 0.3) is 0 Å². The van der Waals surface area contributed by atoms with Crippen molar-refractivity contribution in [2.45, 2.75) is 19.3 Å². The van der Waals surface area contributed by atoms with E-state index >= 15 is 0 Å². The van der Waals surface area contributed by atoms with Gasteiger partial charge in [0.2, 0.25) is 5.91 Å². The summed E-state index contributed by atoms with van der Waals surface area (Å²) in [6, 6.07) is 5.56. The zero-order valence-electron chi connectivity index (χ0n) is 13.3. The number of benzene rings is 1. The molecule has 3 rings (SSSR count). The van der Waals surface area contributed by atoms with Crippen molar-refractivity contribution < 1.29 is 14.7 Å². The molecule has 1 saturated carbocycles. The molecule has 2 fully saturated rings. The van der Waals surface area contributed by atoms with Gasteiger partial charge in [-0.15, -0.1) is 0 Å². The Balaban J connectivity index is 1.73. The minimum absolute atomic E-state index is 0.103. The predicted octanol–water partition coefficient (Wildman–Crippen LogP) is 3.33. The number of nitrogens with one attached hydrogen (secondary N) is 1. The van der Waals surface area contributed by atoms with Gasteiger partial charge in [0.1, 0.15) is 0 Å². The smallest absolute Gasteiger partial charge is 0.306 e. The van der Waals surface area contributed by atoms with Gasteiger partial charge in [-0.25, -0.2) is 0 Å². The second kappa shape index (κ2) is 7.66. The number of carbonyl (C=O) groups is 2. The zero-order chi connectivity index (χ0) is 17.1. The van der Waals surface area contributed by atoms with E-state index in [1.807, 2.05) is 23.9 Å². The van der Waals surface area contributed by atoms with E-state index in [-0.39, 0.29) is 11.8 Å². The number of anilines is 2. The third-order valence-electron chi connectivity index (χ3n) is 4.72. The van der Waals surface area contributed by atoms with Gasteiger partial charge in [-0.05, 0) is 37.5 Å². The van der Waals surface area contributed by atoms with Crippen molar-refractivity contribution >= 4 is 46.6 Å². The van der Waals surface area contributed by atoms with Crippen molar-refractivity contribution in [2.75, 3.05) is 34.8 Å². The number of carboxylic acid groups (broad SMARTS) is 1. The van der Waals surface area contributed by atoms with Crippen LogP contribution in [0.2, 0.25) is 5.02 Å². The summed E-state index contributed by atoms with van der Waals surface area (Å²) in [4.78, 5) is 25.9. The lowest BCUT2D eigenvalue weighted by Crippen LogP contribution is -2.33. The van der Waals surface area contributed by atoms with Crippen LogP contribution in [0.4, 0.5) is 11.4 Å². The Hall–Kier alpha value is -1.40. The molecule has 24 heavy (non-hydrogen) atoms. The molecule has 0 bridgehead atoms. The maximum absolute atomic E-state index is 12.6. The highest BCUT2D eigenvalue weighted by Crippen LogP contribution is 2.35. The van der Waals surface area contributed by atoms with Crippen molar-refractivity contribution in [2.24, 2.45) is 11.8 Å². The van der Waals surface area contributed by atoms with Crippen LogP contribution in [0.3, 0.4) is 0 Å². The molecule has 0 unspecified atom stereocenters. The van der Waals surface area contributed by atoms with Gasteiger partial charge >= 0.3 is 5.97 Å². The highest BCUT2D eigenvalue weighted by molar-refractivity contribution is 7.99. The second-order valence-corrected chi connectivity index (χ2v) is 7.96. The summed E-state index contributed by atoms with van der Waals surface area (Å²) in [6.07, 6.45) is 1.61. The van der Waals surface area contributed by atoms with Crippen molar-refractivity contribution in [3.05, 3.63) is 23.2 Å². The first-order valence-electron chi connectivity index (χ1n) is 8.20. The molecular weight excluding hydrogens is 348 g/mol.